The van der Waals surface area contributed by atoms with Gasteiger partial charge in [-0.1, -0.05) is 39.7 Å². The van der Waals surface area contributed by atoms with Gasteiger partial charge in [0, 0.05) is 24.5 Å². The number of carbonyl (C=O) groups is 1. The summed E-state index contributed by atoms with van der Waals surface area (Å²) in [4.78, 5) is 10.4. The molecule has 0 bridgehead atoms. The molecule has 108 valence electrons. The monoisotopic (exact) mass is 265 g/mol. The number of aromatic nitrogens is 1. The summed E-state index contributed by atoms with van der Waals surface area (Å²) >= 11 is 0. The van der Waals surface area contributed by atoms with Crippen LogP contribution in [-0.2, 0) is 11.3 Å². The first-order valence-electron chi connectivity index (χ1n) is 7.30. The molecular weight excluding hydrogens is 238 g/mol. The minimum absolute atomic E-state index is 0.213. The third kappa shape index (κ3) is 9.23. The van der Waals surface area contributed by atoms with Crippen LogP contribution in [0.1, 0.15) is 52.9 Å². The first kappa shape index (κ1) is 17.6. The summed E-state index contributed by atoms with van der Waals surface area (Å²) in [6, 6.07) is 6.14. The largest absolute Gasteiger partial charge is 0.550 e. The lowest BCUT2D eigenvalue weighted by Crippen LogP contribution is -2.31. The Labute approximate surface area is 117 Å². The zero-order valence-electron chi connectivity index (χ0n) is 12.5. The van der Waals surface area contributed by atoms with Gasteiger partial charge in [-0.2, -0.15) is 0 Å². The zero-order chi connectivity index (χ0) is 14.5. The van der Waals surface area contributed by atoms with E-state index in [9.17, 15) is 9.90 Å². The summed E-state index contributed by atoms with van der Waals surface area (Å²) in [6.45, 7) is 7.29. The molecule has 0 aromatic carbocycles. The van der Waals surface area contributed by atoms with Crippen molar-refractivity contribution in [2.45, 2.75) is 59.4 Å². The van der Waals surface area contributed by atoms with Crippen LogP contribution < -0.4 is 9.67 Å². The summed E-state index contributed by atoms with van der Waals surface area (Å²) < 4.78 is 2.18. The van der Waals surface area contributed by atoms with Crippen LogP contribution in [-0.4, -0.2) is 5.97 Å². The Hall–Kier alpha value is -1.38. The minimum atomic E-state index is -0.885. The number of nitrogens with zero attached hydrogens (tertiary/aromatic N) is 1. The summed E-state index contributed by atoms with van der Waals surface area (Å²) in [5.74, 6) is -1.10. The zero-order valence-corrected chi connectivity index (χ0v) is 12.5. The number of carboxylic acids is 1. The van der Waals surface area contributed by atoms with E-state index in [0.717, 1.165) is 32.2 Å². The predicted molar refractivity (Wildman–Crippen MR) is 75.2 cm³/mol. The van der Waals surface area contributed by atoms with E-state index in [2.05, 4.69) is 36.0 Å². The number of rotatable bonds is 7. The standard InChI is InChI=1S/C8H12N.C8H16O2/c1-2-6-9-7-4-3-5-8-9;1-3-5-7(6-4-2)8(9)10/h3-5,7-8H,2,6H2,1H3;7H,3-6H2,1-2H3,(H,9,10)/q+1;/p-1. The lowest BCUT2D eigenvalue weighted by molar-refractivity contribution is -0.697. The van der Waals surface area contributed by atoms with Gasteiger partial charge in [-0.05, 0) is 18.8 Å². The van der Waals surface area contributed by atoms with Gasteiger partial charge >= 0.3 is 0 Å². The molecule has 1 aromatic rings. The summed E-state index contributed by atoms with van der Waals surface area (Å²) in [6.07, 6.45) is 8.76. The van der Waals surface area contributed by atoms with Crippen LogP contribution in [0.15, 0.2) is 30.6 Å². The van der Waals surface area contributed by atoms with Crippen molar-refractivity contribution >= 4 is 5.97 Å². The molecule has 0 N–H and O–H groups in total. The number of aliphatic carboxylic acids is 1. The predicted octanol–water partition coefficient (Wildman–Crippen LogP) is 2.34. The molecule has 0 saturated heterocycles. The Bertz CT molecular complexity index is 319. The van der Waals surface area contributed by atoms with Gasteiger partial charge in [0.15, 0.2) is 12.4 Å². The van der Waals surface area contributed by atoms with Crippen molar-refractivity contribution in [3.05, 3.63) is 30.6 Å². The van der Waals surface area contributed by atoms with Gasteiger partial charge in [-0.3, -0.25) is 0 Å². The van der Waals surface area contributed by atoms with Crippen LogP contribution in [0.3, 0.4) is 0 Å². The fourth-order valence-electron chi connectivity index (χ4n) is 1.92. The molecule has 3 nitrogen and oxygen atoms in total. The van der Waals surface area contributed by atoms with E-state index in [1.54, 1.807) is 0 Å². The highest BCUT2D eigenvalue weighted by atomic mass is 16.4. The molecule has 3 heteroatoms. The van der Waals surface area contributed by atoms with Crippen molar-refractivity contribution in [3.63, 3.8) is 0 Å². The maximum absolute atomic E-state index is 10.4. The van der Waals surface area contributed by atoms with E-state index in [-0.39, 0.29) is 5.92 Å². The number of hydrogen-bond acceptors (Lipinski definition) is 2. The van der Waals surface area contributed by atoms with Gasteiger partial charge in [0.1, 0.15) is 6.54 Å². The van der Waals surface area contributed by atoms with Crippen LogP contribution in [0.2, 0.25) is 0 Å². The topological polar surface area (TPSA) is 44.0 Å². The first-order chi connectivity index (χ1) is 9.15. The summed E-state index contributed by atoms with van der Waals surface area (Å²) in [7, 11) is 0. The number of hydrogen-bond donors (Lipinski definition) is 0. The van der Waals surface area contributed by atoms with Crippen LogP contribution in [0, 0.1) is 5.92 Å². The molecule has 0 amide bonds. The fraction of sp³-hybridized carbons (Fsp3) is 0.625. The second-order valence-electron chi connectivity index (χ2n) is 4.71. The number of pyridine rings is 1. The molecule has 0 aliphatic carbocycles. The Morgan fingerprint density at radius 1 is 1.00 bits per heavy atom. The molecule has 1 heterocycles. The highest BCUT2D eigenvalue weighted by molar-refractivity contribution is 5.67. The third-order valence-corrected chi connectivity index (χ3v) is 2.87. The fourth-order valence-corrected chi connectivity index (χ4v) is 1.92. The van der Waals surface area contributed by atoms with E-state index in [4.69, 9.17) is 0 Å². The normalized spacial score (nSPS) is 9.89. The van der Waals surface area contributed by atoms with E-state index >= 15 is 0 Å². The second-order valence-corrected chi connectivity index (χ2v) is 4.71. The average Bonchev–Trinajstić information content (AvgIpc) is 2.41. The van der Waals surface area contributed by atoms with Crippen LogP contribution in [0.5, 0.6) is 0 Å². The number of carboxylic acid groups (broad SMARTS) is 1. The van der Waals surface area contributed by atoms with Crippen LogP contribution in [0.25, 0.3) is 0 Å². The van der Waals surface area contributed by atoms with E-state index in [1.165, 1.54) is 6.42 Å². The lowest BCUT2D eigenvalue weighted by Gasteiger charge is -2.15. The molecule has 0 saturated carbocycles. The van der Waals surface area contributed by atoms with Gasteiger partial charge in [-0.25, -0.2) is 4.57 Å². The summed E-state index contributed by atoms with van der Waals surface area (Å²) in [5, 5.41) is 10.4. The van der Waals surface area contributed by atoms with E-state index in [0.29, 0.717) is 0 Å². The van der Waals surface area contributed by atoms with Crippen molar-refractivity contribution in [3.8, 4) is 0 Å². The van der Waals surface area contributed by atoms with Gasteiger partial charge < -0.3 is 9.90 Å². The Morgan fingerprint density at radius 2 is 1.53 bits per heavy atom. The maximum atomic E-state index is 10.4. The summed E-state index contributed by atoms with van der Waals surface area (Å²) in [5.41, 5.74) is 0. The molecule has 0 unspecified atom stereocenters. The second kappa shape index (κ2) is 11.7. The lowest BCUT2D eigenvalue weighted by atomic mass is 9.99. The van der Waals surface area contributed by atoms with Crippen LogP contribution in [0.4, 0.5) is 0 Å². The SMILES string of the molecule is CCCC(CCC)C(=O)[O-].CCC[n+]1ccccc1. The number of carbonyl (C=O) groups excluding carboxylic acids is 1. The van der Waals surface area contributed by atoms with Crippen molar-refractivity contribution in [2.24, 2.45) is 5.92 Å². The molecule has 0 aliphatic heterocycles. The number of aryl methyl sites for hydroxylation is 1. The molecule has 0 aliphatic rings. The maximum Gasteiger partial charge on any atom is 0.168 e. The molecule has 1 rings (SSSR count). The van der Waals surface area contributed by atoms with Crippen molar-refractivity contribution < 1.29 is 14.5 Å². The highest BCUT2D eigenvalue weighted by Gasteiger charge is 2.05. The molecule has 19 heavy (non-hydrogen) atoms. The quantitative estimate of drug-likeness (QED) is 0.710. The van der Waals surface area contributed by atoms with Crippen molar-refractivity contribution in [2.75, 3.05) is 0 Å². The molecule has 0 spiro atoms. The molecule has 0 radical (unpaired) electrons. The van der Waals surface area contributed by atoms with E-state index < -0.39 is 5.97 Å². The molecule has 1 aromatic heterocycles. The molecule has 0 atom stereocenters. The Balaban J connectivity index is 0.000000342. The van der Waals surface area contributed by atoms with Crippen molar-refractivity contribution in [1.82, 2.24) is 0 Å². The van der Waals surface area contributed by atoms with Crippen LogP contribution >= 0.6 is 0 Å². The first-order valence-corrected chi connectivity index (χ1v) is 7.30. The van der Waals surface area contributed by atoms with Crippen molar-refractivity contribution in [1.29, 1.82) is 0 Å². The Morgan fingerprint density at radius 3 is 1.89 bits per heavy atom. The van der Waals surface area contributed by atoms with Gasteiger partial charge in [0.25, 0.3) is 0 Å². The smallest absolute Gasteiger partial charge is 0.168 e. The van der Waals surface area contributed by atoms with Gasteiger partial charge in [0.2, 0.25) is 0 Å². The van der Waals surface area contributed by atoms with Gasteiger partial charge in [-0.15, -0.1) is 0 Å². The molecule has 0 fully saturated rings. The minimum Gasteiger partial charge on any atom is -0.550 e. The van der Waals surface area contributed by atoms with E-state index in [1.807, 2.05) is 19.9 Å². The van der Waals surface area contributed by atoms with Gasteiger partial charge in [0.05, 0.1) is 0 Å². The highest BCUT2D eigenvalue weighted by Crippen LogP contribution is 2.11. The Kier molecular flexibility index (Phi) is 10.8. The third-order valence-electron chi connectivity index (χ3n) is 2.87. The molecular formula is C16H27NO2. The average molecular weight is 265 g/mol.